The van der Waals surface area contributed by atoms with Crippen LogP contribution in [0.25, 0.3) is 0 Å². The predicted octanol–water partition coefficient (Wildman–Crippen LogP) is 2.63. The fourth-order valence-electron chi connectivity index (χ4n) is 2.37. The van der Waals surface area contributed by atoms with Crippen molar-refractivity contribution in [2.75, 3.05) is 19.7 Å². The summed E-state index contributed by atoms with van der Waals surface area (Å²) < 4.78 is 5.66. The second kappa shape index (κ2) is 5.90. The number of hydrogen-bond acceptors (Lipinski definition) is 2. The molecular weight excluding hydrogens is 198 g/mol. The minimum atomic E-state index is 0.753. The summed E-state index contributed by atoms with van der Waals surface area (Å²) in [5.41, 5.74) is 1.37. The zero-order valence-corrected chi connectivity index (χ0v) is 10.0. The number of benzene rings is 1. The van der Waals surface area contributed by atoms with Crippen LogP contribution < -0.4 is 10.1 Å². The third kappa shape index (κ3) is 2.99. The molecule has 1 aliphatic rings. The van der Waals surface area contributed by atoms with Gasteiger partial charge in [0.2, 0.25) is 0 Å². The van der Waals surface area contributed by atoms with Crippen molar-refractivity contribution >= 4 is 0 Å². The molecule has 1 N–H and O–H groups in total. The Balaban J connectivity index is 2.01. The summed E-state index contributed by atoms with van der Waals surface area (Å²) in [5, 5.41) is 3.41. The first kappa shape index (κ1) is 11.5. The average molecular weight is 219 g/mol. The summed E-state index contributed by atoms with van der Waals surface area (Å²) in [7, 11) is 0. The van der Waals surface area contributed by atoms with E-state index < -0.39 is 0 Å². The highest BCUT2D eigenvalue weighted by molar-refractivity contribution is 5.33. The van der Waals surface area contributed by atoms with Crippen LogP contribution in [0, 0.1) is 5.92 Å². The first-order valence-electron chi connectivity index (χ1n) is 6.31. The maximum Gasteiger partial charge on any atom is 0.122 e. The van der Waals surface area contributed by atoms with E-state index in [1.54, 1.807) is 0 Å². The summed E-state index contributed by atoms with van der Waals surface area (Å²) in [4.78, 5) is 0. The fourth-order valence-corrected chi connectivity index (χ4v) is 2.37. The van der Waals surface area contributed by atoms with Crippen molar-refractivity contribution in [1.29, 1.82) is 0 Å². The largest absolute Gasteiger partial charge is 0.494 e. The molecule has 0 atom stereocenters. The summed E-state index contributed by atoms with van der Waals surface area (Å²) in [5.74, 6) is 1.89. The van der Waals surface area contributed by atoms with Gasteiger partial charge in [-0.05, 0) is 56.8 Å². The van der Waals surface area contributed by atoms with Gasteiger partial charge in [-0.1, -0.05) is 18.2 Å². The fraction of sp³-hybridized carbons (Fsp3) is 0.571. The summed E-state index contributed by atoms with van der Waals surface area (Å²) >= 11 is 0. The van der Waals surface area contributed by atoms with Crippen LogP contribution in [0.4, 0.5) is 0 Å². The van der Waals surface area contributed by atoms with Crippen LogP contribution in [-0.4, -0.2) is 19.7 Å². The van der Waals surface area contributed by atoms with E-state index in [4.69, 9.17) is 4.74 Å². The zero-order chi connectivity index (χ0) is 11.2. The SMILES string of the molecule is CCOc1ccccc1CC1CCNCC1. The van der Waals surface area contributed by atoms with Crippen LogP contribution in [0.3, 0.4) is 0 Å². The normalized spacial score (nSPS) is 17.3. The Hall–Kier alpha value is -1.02. The van der Waals surface area contributed by atoms with Gasteiger partial charge in [0.15, 0.2) is 0 Å². The Bertz CT molecular complexity index is 318. The monoisotopic (exact) mass is 219 g/mol. The third-order valence-electron chi connectivity index (χ3n) is 3.24. The van der Waals surface area contributed by atoms with Gasteiger partial charge in [-0.2, -0.15) is 0 Å². The summed E-state index contributed by atoms with van der Waals surface area (Å²) in [6.45, 7) is 5.13. The maximum atomic E-state index is 5.66. The minimum absolute atomic E-state index is 0.753. The van der Waals surface area contributed by atoms with Crippen LogP contribution in [0.2, 0.25) is 0 Å². The van der Waals surface area contributed by atoms with Crippen LogP contribution in [0.1, 0.15) is 25.3 Å². The van der Waals surface area contributed by atoms with Crippen LogP contribution in [0.15, 0.2) is 24.3 Å². The second-order valence-corrected chi connectivity index (χ2v) is 4.44. The lowest BCUT2D eigenvalue weighted by molar-refractivity contribution is 0.326. The van der Waals surface area contributed by atoms with Crippen LogP contribution in [-0.2, 0) is 6.42 Å². The van der Waals surface area contributed by atoms with Crippen molar-refractivity contribution in [2.24, 2.45) is 5.92 Å². The van der Waals surface area contributed by atoms with Gasteiger partial charge in [-0.15, -0.1) is 0 Å². The quantitative estimate of drug-likeness (QED) is 0.840. The third-order valence-corrected chi connectivity index (χ3v) is 3.24. The van der Waals surface area contributed by atoms with Gasteiger partial charge in [-0.3, -0.25) is 0 Å². The van der Waals surface area contributed by atoms with Crippen molar-refractivity contribution in [3.8, 4) is 5.75 Å². The lowest BCUT2D eigenvalue weighted by Crippen LogP contribution is -2.28. The molecule has 1 aromatic rings. The molecule has 0 aliphatic carbocycles. The molecular formula is C14H21NO. The van der Waals surface area contributed by atoms with Crippen molar-refractivity contribution in [2.45, 2.75) is 26.2 Å². The van der Waals surface area contributed by atoms with E-state index in [1.165, 1.54) is 31.5 Å². The van der Waals surface area contributed by atoms with Gasteiger partial charge in [-0.25, -0.2) is 0 Å². The Morgan fingerprint density at radius 3 is 2.75 bits per heavy atom. The Labute approximate surface area is 98.0 Å². The molecule has 0 saturated carbocycles. The van der Waals surface area contributed by atoms with E-state index in [0.717, 1.165) is 24.7 Å². The van der Waals surface area contributed by atoms with Gasteiger partial charge < -0.3 is 10.1 Å². The Kier molecular flexibility index (Phi) is 4.23. The van der Waals surface area contributed by atoms with Crippen LogP contribution >= 0.6 is 0 Å². The maximum absolute atomic E-state index is 5.66. The van der Waals surface area contributed by atoms with E-state index in [9.17, 15) is 0 Å². The van der Waals surface area contributed by atoms with Gasteiger partial charge >= 0.3 is 0 Å². The summed E-state index contributed by atoms with van der Waals surface area (Å²) in [6, 6.07) is 8.45. The average Bonchev–Trinajstić information content (AvgIpc) is 2.33. The molecule has 88 valence electrons. The molecule has 1 saturated heterocycles. The molecule has 0 spiro atoms. The molecule has 2 heteroatoms. The molecule has 0 amide bonds. The first-order valence-corrected chi connectivity index (χ1v) is 6.31. The van der Waals surface area contributed by atoms with E-state index in [2.05, 4.69) is 29.6 Å². The molecule has 16 heavy (non-hydrogen) atoms. The molecule has 0 aromatic heterocycles. The number of rotatable bonds is 4. The van der Waals surface area contributed by atoms with E-state index in [1.807, 2.05) is 6.92 Å². The lowest BCUT2D eigenvalue weighted by Gasteiger charge is -2.23. The van der Waals surface area contributed by atoms with Gasteiger partial charge in [0.05, 0.1) is 6.61 Å². The van der Waals surface area contributed by atoms with E-state index >= 15 is 0 Å². The standard InChI is InChI=1S/C14H21NO/c1-2-16-14-6-4-3-5-13(14)11-12-7-9-15-10-8-12/h3-6,12,15H,2,7-11H2,1H3. The molecule has 0 bridgehead atoms. The van der Waals surface area contributed by atoms with Gasteiger partial charge in [0.1, 0.15) is 5.75 Å². The Morgan fingerprint density at radius 1 is 1.25 bits per heavy atom. The van der Waals surface area contributed by atoms with Gasteiger partial charge in [0.25, 0.3) is 0 Å². The molecule has 1 heterocycles. The van der Waals surface area contributed by atoms with Crippen molar-refractivity contribution in [3.05, 3.63) is 29.8 Å². The Morgan fingerprint density at radius 2 is 2.00 bits per heavy atom. The topological polar surface area (TPSA) is 21.3 Å². The number of nitrogens with one attached hydrogen (secondary N) is 1. The number of ether oxygens (including phenoxy) is 1. The van der Waals surface area contributed by atoms with Crippen molar-refractivity contribution < 1.29 is 4.74 Å². The first-order chi connectivity index (χ1) is 7.90. The highest BCUT2D eigenvalue weighted by Gasteiger charge is 2.15. The molecule has 1 aliphatic heterocycles. The number of para-hydroxylation sites is 1. The van der Waals surface area contributed by atoms with E-state index in [-0.39, 0.29) is 0 Å². The lowest BCUT2D eigenvalue weighted by atomic mass is 9.91. The molecule has 0 radical (unpaired) electrons. The van der Waals surface area contributed by atoms with Crippen LogP contribution in [0.5, 0.6) is 5.75 Å². The molecule has 2 rings (SSSR count). The van der Waals surface area contributed by atoms with Crippen molar-refractivity contribution in [3.63, 3.8) is 0 Å². The predicted molar refractivity (Wildman–Crippen MR) is 66.9 cm³/mol. The highest BCUT2D eigenvalue weighted by Crippen LogP contribution is 2.24. The van der Waals surface area contributed by atoms with Gasteiger partial charge in [0, 0.05) is 0 Å². The second-order valence-electron chi connectivity index (χ2n) is 4.44. The molecule has 0 unspecified atom stereocenters. The zero-order valence-electron chi connectivity index (χ0n) is 10.0. The van der Waals surface area contributed by atoms with Crippen molar-refractivity contribution in [1.82, 2.24) is 5.32 Å². The highest BCUT2D eigenvalue weighted by atomic mass is 16.5. The summed E-state index contributed by atoms with van der Waals surface area (Å²) in [6.07, 6.45) is 3.75. The smallest absolute Gasteiger partial charge is 0.122 e. The minimum Gasteiger partial charge on any atom is -0.494 e. The molecule has 1 fully saturated rings. The number of hydrogen-bond donors (Lipinski definition) is 1. The molecule has 2 nitrogen and oxygen atoms in total. The molecule has 1 aromatic carbocycles. The van der Waals surface area contributed by atoms with E-state index in [0.29, 0.717) is 0 Å². The number of piperidine rings is 1.